The van der Waals surface area contributed by atoms with Crippen molar-refractivity contribution in [3.8, 4) is 0 Å². The summed E-state index contributed by atoms with van der Waals surface area (Å²) in [7, 11) is 0. The van der Waals surface area contributed by atoms with Gasteiger partial charge in [0.1, 0.15) is 5.82 Å². The maximum Gasteiger partial charge on any atom is 0.140 e. The Morgan fingerprint density at radius 3 is 2.94 bits per heavy atom. The van der Waals surface area contributed by atoms with E-state index in [4.69, 9.17) is 11.6 Å². The van der Waals surface area contributed by atoms with Crippen LogP contribution in [0, 0.1) is 5.92 Å². The summed E-state index contributed by atoms with van der Waals surface area (Å²) in [5.74, 6) is 1.11. The van der Waals surface area contributed by atoms with Crippen LogP contribution in [0.5, 0.6) is 0 Å². The number of halogens is 2. The predicted octanol–water partition coefficient (Wildman–Crippen LogP) is 3.46. The van der Waals surface area contributed by atoms with Gasteiger partial charge in [0.15, 0.2) is 0 Å². The van der Waals surface area contributed by atoms with Crippen LogP contribution in [0.1, 0.15) is 25.7 Å². The second kappa shape index (κ2) is 6.03. The van der Waals surface area contributed by atoms with Crippen LogP contribution < -0.4 is 5.32 Å². The van der Waals surface area contributed by atoms with Gasteiger partial charge in [-0.3, -0.25) is 0 Å². The van der Waals surface area contributed by atoms with E-state index in [1.54, 1.807) is 6.20 Å². The van der Waals surface area contributed by atoms with E-state index in [0.717, 1.165) is 36.1 Å². The summed E-state index contributed by atoms with van der Waals surface area (Å²) in [6.45, 7) is 0.758. The molecule has 17 heavy (non-hydrogen) atoms. The third kappa shape index (κ3) is 3.57. The molecular formula is C12H16BrClN2O. The fraction of sp³-hybridized carbons (Fsp3) is 0.583. The van der Waals surface area contributed by atoms with Crippen molar-refractivity contribution in [3.63, 3.8) is 0 Å². The van der Waals surface area contributed by atoms with Crippen LogP contribution in [-0.4, -0.2) is 22.7 Å². The average Bonchev–Trinajstić information content (AvgIpc) is 2.30. The third-order valence-corrected chi connectivity index (χ3v) is 4.02. The van der Waals surface area contributed by atoms with Crippen molar-refractivity contribution >= 4 is 33.3 Å². The number of pyridine rings is 1. The molecule has 1 aromatic heterocycles. The minimum Gasteiger partial charge on any atom is -0.393 e. The number of nitrogens with one attached hydrogen (secondary N) is 1. The lowest BCUT2D eigenvalue weighted by molar-refractivity contribution is 0.0763. The van der Waals surface area contributed by atoms with Gasteiger partial charge in [0.25, 0.3) is 0 Å². The largest absolute Gasteiger partial charge is 0.393 e. The van der Waals surface area contributed by atoms with E-state index < -0.39 is 0 Å². The Hall–Kier alpha value is -0.320. The molecule has 1 fully saturated rings. The Balaban J connectivity index is 1.92. The van der Waals surface area contributed by atoms with Crippen LogP contribution in [0.2, 0.25) is 5.02 Å². The highest BCUT2D eigenvalue weighted by atomic mass is 79.9. The molecule has 2 rings (SSSR count). The first-order valence-corrected chi connectivity index (χ1v) is 7.07. The second-order valence-corrected chi connectivity index (χ2v) is 5.77. The summed E-state index contributed by atoms with van der Waals surface area (Å²) in [6.07, 6.45) is 5.79. The Kier molecular flexibility index (Phi) is 4.65. The highest BCUT2D eigenvalue weighted by molar-refractivity contribution is 9.10. The molecule has 1 heterocycles. The van der Waals surface area contributed by atoms with Crippen molar-refractivity contribution in [1.82, 2.24) is 4.98 Å². The second-order valence-electron chi connectivity index (χ2n) is 4.48. The molecule has 3 nitrogen and oxygen atoms in total. The van der Waals surface area contributed by atoms with Gasteiger partial charge in [0, 0.05) is 18.7 Å². The van der Waals surface area contributed by atoms with Crippen LogP contribution in [0.4, 0.5) is 5.82 Å². The standard InChI is InChI=1S/C12H16BrClN2O/c13-10-5-9(14)7-16-12(10)15-6-8-3-1-2-4-11(8)17/h5,7-8,11,17H,1-4,6H2,(H,15,16). The summed E-state index contributed by atoms with van der Waals surface area (Å²) in [4.78, 5) is 4.22. The van der Waals surface area contributed by atoms with Crippen LogP contribution in [0.15, 0.2) is 16.7 Å². The van der Waals surface area contributed by atoms with E-state index in [9.17, 15) is 5.11 Å². The quantitative estimate of drug-likeness (QED) is 0.897. The zero-order valence-corrected chi connectivity index (χ0v) is 11.8. The van der Waals surface area contributed by atoms with E-state index in [-0.39, 0.29) is 6.10 Å². The number of anilines is 1. The van der Waals surface area contributed by atoms with Gasteiger partial charge in [0.05, 0.1) is 15.6 Å². The van der Waals surface area contributed by atoms with Crippen molar-refractivity contribution in [3.05, 3.63) is 21.8 Å². The molecule has 0 aliphatic heterocycles. The molecule has 0 saturated heterocycles. The fourth-order valence-electron chi connectivity index (χ4n) is 2.20. The van der Waals surface area contributed by atoms with Gasteiger partial charge >= 0.3 is 0 Å². The van der Waals surface area contributed by atoms with E-state index >= 15 is 0 Å². The summed E-state index contributed by atoms with van der Waals surface area (Å²) < 4.78 is 0.857. The van der Waals surface area contributed by atoms with Crippen LogP contribution in [-0.2, 0) is 0 Å². The monoisotopic (exact) mass is 318 g/mol. The number of aromatic nitrogens is 1. The number of hydrogen-bond acceptors (Lipinski definition) is 3. The smallest absolute Gasteiger partial charge is 0.140 e. The van der Waals surface area contributed by atoms with Crippen molar-refractivity contribution in [1.29, 1.82) is 0 Å². The van der Waals surface area contributed by atoms with Gasteiger partial charge in [-0.2, -0.15) is 0 Å². The Morgan fingerprint density at radius 2 is 2.24 bits per heavy atom. The lowest BCUT2D eigenvalue weighted by atomic mass is 9.86. The van der Waals surface area contributed by atoms with E-state index in [0.29, 0.717) is 10.9 Å². The maximum absolute atomic E-state index is 9.87. The molecule has 94 valence electrons. The van der Waals surface area contributed by atoms with E-state index in [1.807, 2.05) is 6.07 Å². The van der Waals surface area contributed by atoms with Gasteiger partial charge < -0.3 is 10.4 Å². The summed E-state index contributed by atoms with van der Waals surface area (Å²) in [5, 5.41) is 13.7. The normalized spacial score (nSPS) is 24.6. The van der Waals surface area contributed by atoms with Gasteiger partial charge in [-0.05, 0) is 34.8 Å². The SMILES string of the molecule is OC1CCCCC1CNc1ncc(Cl)cc1Br. The maximum atomic E-state index is 9.87. The topological polar surface area (TPSA) is 45.1 Å². The van der Waals surface area contributed by atoms with Gasteiger partial charge in [0.2, 0.25) is 0 Å². The molecule has 0 bridgehead atoms. The molecule has 1 aliphatic rings. The third-order valence-electron chi connectivity index (χ3n) is 3.21. The first-order chi connectivity index (χ1) is 8.16. The molecule has 1 saturated carbocycles. The van der Waals surface area contributed by atoms with Crippen molar-refractivity contribution in [2.45, 2.75) is 31.8 Å². The van der Waals surface area contributed by atoms with Crippen LogP contribution in [0.3, 0.4) is 0 Å². The Morgan fingerprint density at radius 1 is 1.47 bits per heavy atom. The molecule has 0 aromatic carbocycles. The molecule has 2 N–H and O–H groups in total. The highest BCUT2D eigenvalue weighted by Gasteiger charge is 2.22. The van der Waals surface area contributed by atoms with Gasteiger partial charge in [-0.1, -0.05) is 24.4 Å². The average molecular weight is 320 g/mol. The lowest BCUT2D eigenvalue weighted by Crippen LogP contribution is -2.30. The zero-order chi connectivity index (χ0) is 12.3. The highest BCUT2D eigenvalue weighted by Crippen LogP contribution is 2.27. The number of aliphatic hydroxyl groups excluding tert-OH is 1. The van der Waals surface area contributed by atoms with E-state index in [2.05, 4.69) is 26.2 Å². The molecular weight excluding hydrogens is 304 g/mol. The molecule has 5 heteroatoms. The first-order valence-electron chi connectivity index (χ1n) is 5.90. The minimum atomic E-state index is -0.178. The molecule has 1 aliphatic carbocycles. The zero-order valence-electron chi connectivity index (χ0n) is 9.50. The first kappa shape index (κ1) is 13.1. The predicted molar refractivity (Wildman–Crippen MR) is 73.4 cm³/mol. The van der Waals surface area contributed by atoms with Crippen LogP contribution >= 0.6 is 27.5 Å². The number of aliphatic hydroxyl groups is 1. The molecule has 0 amide bonds. The molecule has 1 aromatic rings. The van der Waals surface area contributed by atoms with Crippen molar-refractivity contribution in [2.75, 3.05) is 11.9 Å². The molecule has 2 unspecified atom stereocenters. The fourth-order valence-corrected chi connectivity index (χ4v) is 2.98. The molecule has 2 atom stereocenters. The number of nitrogens with zero attached hydrogens (tertiary/aromatic N) is 1. The Labute approximate surface area is 115 Å². The number of hydrogen-bond donors (Lipinski definition) is 2. The Bertz CT molecular complexity index is 389. The lowest BCUT2D eigenvalue weighted by Gasteiger charge is -2.27. The number of rotatable bonds is 3. The van der Waals surface area contributed by atoms with Gasteiger partial charge in [-0.15, -0.1) is 0 Å². The van der Waals surface area contributed by atoms with Crippen molar-refractivity contribution in [2.24, 2.45) is 5.92 Å². The molecule has 0 spiro atoms. The van der Waals surface area contributed by atoms with E-state index in [1.165, 1.54) is 6.42 Å². The van der Waals surface area contributed by atoms with Crippen molar-refractivity contribution < 1.29 is 5.11 Å². The summed E-state index contributed by atoms with van der Waals surface area (Å²) in [5.41, 5.74) is 0. The van der Waals surface area contributed by atoms with Crippen LogP contribution in [0.25, 0.3) is 0 Å². The van der Waals surface area contributed by atoms with Gasteiger partial charge in [-0.25, -0.2) is 4.98 Å². The summed E-state index contributed by atoms with van der Waals surface area (Å²) >= 11 is 9.24. The molecule has 0 radical (unpaired) electrons. The minimum absolute atomic E-state index is 0.178. The summed E-state index contributed by atoms with van der Waals surface area (Å²) in [6, 6.07) is 1.81.